The summed E-state index contributed by atoms with van der Waals surface area (Å²) in [7, 11) is 0. The number of likely N-dealkylation sites (tertiary alicyclic amines) is 1. The highest BCUT2D eigenvalue weighted by Crippen LogP contribution is 2.44. The minimum absolute atomic E-state index is 0.0312. The second-order valence-electron chi connectivity index (χ2n) is 8.31. The number of carboxylic acid groups (broad SMARTS) is 1. The van der Waals surface area contributed by atoms with Gasteiger partial charge >= 0.3 is 12.1 Å². The summed E-state index contributed by atoms with van der Waals surface area (Å²) in [6, 6.07) is 23.5. The summed E-state index contributed by atoms with van der Waals surface area (Å²) in [6.07, 6.45) is -0.477. The molecule has 1 aliphatic carbocycles. The van der Waals surface area contributed by atoms with E-state index in [9.17, 15) is 14.7 Å². The van der Waals surface area contributed by atoms with Crippen LogP contribution in [0.4, 0.5) is 4.79 Å². The number of benzene rings is 3. The molecule has 0 aromatic heterocycles. The third-order valence-corrected chi connectivity index (χ3v) is 6.78. The summed E-state index contributed by atoms with van der Waals surface area (Å²) in [5.74, 6) is -1.93. The zero-order valence-electron chi connectivity index (χ0n) is 17.3. The normalized spacial score (nSPS) is 19.5. The van der Waals surface area contributed by atoms with Crippen LogP contribution in [0.25, 0.3) is 11.1 Å². The third kappa shape index (κ3) is 3.63. The van der Waals surface area contributed by atoms with E-state index in [2.05, 4.69) is 24.3 Å². The predicted octanol–water partition coefficient (Wildman–Crippen LogP) is 5.39. The van der Waals surface area contributed by atoms with E-state index in [1.54, 1.807) is 12.1 Å². The first-order chi connectivity index (χ1) is 15.5. The molecule has 5 nitrogen and oxygen atoms in total. The van der Waals surface area contributed by atoms with Gasteiger partial charge in [0.05, 0.1) is 5.92 Å². The number of nitrogens with zero attached hydrogens (tertiary/aromatic N) is 1. The number of aliphatic carboxylic acids is 1. The van der Waals surface area contributed by atoms with Crippen molar-refractivity contribution < 1.29 is 19.4 Å². The molecule has 6 heteroatoms. The average Bonchev–Trinajstić information content (AvgIpc) is 3.39. The first kappa shape index (κ1) is 20.6. The summed E-state index contributed by atoms with van der Waals surface area (Å²) in [4.78, 5) is 26.3. The summed E-state index contributed by atoms with van der Waals surface area (Å²) in [5, 5.41) is 10.3. The standard InChI is InChI=1S/C26H22ClNO4/c27-17-11-9-16(10-12-17)22-13-28(14-23(22)25(29)30)26(31)32-15-24-20-7-3-1-5-18(20)19-6-2-4-8-21(19)24/h1-12,22-24H,13-15H2,(H,29,30)/t22-,23?/m1/s1. The number of carboxylic acids is 1. The van der Waals surface area contributed by atoms with E-state index in [0.29, 0.717) is 11.6 Å². The van der Waals surface area contributed by atoms with Crippen LogP contribution in [0.3, 0.4) is 0 Å². The highest BCUT2D eigenvalue weighted by molar-refractivity contribution is 6.30. The average molecular weight is 448 g/mol. The first-order valence-electron chi connectivity index (χ1n) is 10.6. The fraction of sp³-hybridized carbons (Fsp3) is 0.231. The van der Waals surface area contributed by atoms with E-state index in [1.165, 1.54) is 16.0 Å². The molecule has 1 unspecified atom stereocenters. The lowest BCUT2D eigenvalue weighted by Gasteiger charge is -2.19. The Kier molecular flexibility index (Phi) is 5.35. The molecule has 0 bridgehead atoms. The van der Waals surface area contributed by atoms with Crippen LogP contribution in [0, 0.1) is 5.92 Å². The Morgan fingerprint density at radius 3 is 2.09 bits per heavy atom. The Bertz CT molecular complexity index is 1130. The molecule has 3 aromatic carbocycles. The molecule has 162 valence electrons. The van der Waals surface area contributed by atoms with Crippen molar-refractivity contribution in [1.29, 1.82) is 0 Å². The summed E-state index contributed by atoms with van der Waals surface area (Å²) < 4.78 is 5.73. The highest BCUT2D eigenvalue weighted by Gasteiger charge is 2.41. The van der Waals surface area contributed by atoms with Crippen molar-refractivity contribution >= 4 is 23.7 Å². The molecule has 32 heavy (non-hydrogen) atoms. The van der Waals surface area contributed by atoms with Crippen LogP contribution in [-0.4, -0.2) is 41.8 Å². The highest BCUT2D eigenvalue weighted by atomic mass is 35.5. The van der Waals surface area contributed by atoms with Crippen LogP contribution in [0.2, 0.25) is 5.02 Å². The number of fused-ring (bicyclic) bond motifs is 3. The van der Waals surface area contributed by atoms with Crippen molar-refractivity contribution in [3.05, 3.63) is 94.5 Å². The van der Waals surface area contributed by atoms with Crippen molar-refractivity contribution in [3.63, 3.8) is 0 Å². The molecule has 5 rings (SSSR count). The van der Waals surface area contributed by atoms with E-state index in [-0.39, 0.29) is 25.0 Å². The summed E-state index contributed by atoms with van der Waals surface area (Å²) >= 11 is 5.97. The molecule has 1 saturated heterocycles. The quantitative estimate of drug-likeness (QED) is 0.582. The van der Waals surface area contributed by atoms with Gasteiger partial charge in [0.15, 0.2) is 0 Å². The Balaban J connectivity index is 1.32. The molecule has 0 radical (unpaired) electrons. The van der Waals surface area contributed by atoms with Crippen LogP contribution in [0.15, 0.2) is 72.8 Å². The van der Waals surface area contributed by atoms with Crippen molar-refractivity contribution in [2.24, 2.45) is 5.92 Å². The number of ether oxygens (including phenoxy) is 1. The van der Waals surface area contributed by atoms with Gasteiger partial charge in [-0.15, -0.1) is 0 Å². The van der Waals surface area contributed by atoms with Gasteiger partial charge in [0.25, 0.3) is 0 Å². The maximum Gasteiger partial charge on any atom is 0.409 e. The number of rotatable bonds is 4. The Hall–Kier alpha value is -3.31. The van der Waals surface area contributed by atoms with Gasteiger partial charge in [-0.05, 0) is 39.9 Å². The topological polar surface area (TPSA) is 66.8 Å². The van der Waals surface area contributed by atoms with Gasteiger partial charge in [0.2, 0.25) is 0 Å². The van der Waals surface area contributed by atoms with E-state index < -0.39 is 18.0 Å². The van der Waals surface area contributed by atoms with Gasteiger partial charge in [0.1, 0.15) is 6.61 Å². The molecular formula is C26H22ClNO4. The molecule has 3 aromatic rings. The van der Waals surface area contributed by atoms with Crippen LogP contribution in [-0.2, 0) is 9.53 Å². The largest absolute Gasteiger partial charge is 0.481 e. The first-order valence-corrected chi connectivity index (χ1v) is 11.0. The molecule has 0 spiro atoms. The van der Waals surface area contributed by atoms with E-state index in [1.807, 2.05) is 36.4 Å². The molecular weight excluding hydrogens is 426 g/mol. The SMILES string of the molecule is O=C(O)C1CN(C(=O)OCC2c3ccccc3-c3ccccc32)C[C@@H]1c1ccc(Cl)cc1. The number of carbonyl (C=O) groups excluding carboxylic acids is 1. The predicted molar refractivity (Wildman–Crippen MR) is 122 cm³/mol. The number of carbonyl (C=O) groups is 2. The van der Waals surface area contributed by atoms with Crippen molar-refractivity contribution in [2.75, 3.05) is 19.7 Å². The second kappa shape index (κ2) is 8.32. The molecule has 1 N–H and O–H groups in total. The van der Waals surface area contributed by atoms with Crippen LogP contribution in [0.1, 0.15) is 28.5 Å². The number of amides is 1. The van der Waals surface area contributed by atoms with Crippen molar-refractivity contribution in [2.45, 2.75) is 11.8 Å². The van der Waals surface area contributed by atoms with Crippen LogP contribution < -0.4 is 0 Å². The molecule has 1 aliphatic heterocycles. The molecule has 1 amide bonds. The minimum atomic E-state index is -0.918. The van der Waals surface area contributed by atoms with Gasteiger partial charge in [-0.2, -0.15) is 0 Å². The van der Waals surface area contributed by atoms with Gasteiger partial charge in [-0.1, -0.05) is 72.3 Å². The van der Waals surface area contributed by atoms with E-state index in [4.69, 9.17) is 16.3 Å². The molecule has 1 heterocycles. The fourth-order valence-corrected chi connectivity index (χ4v) is 5.06. The maximum atomic E-state index is 12.9. The third-order valence-electron chi connectivity index (χ3n) is 6.53. The Morgan fingerprint density at radius 1 is 0.906 bits per heavy atom. The zero-order chi connectivity index (χ0) is 22.2. The van der Waals surface area contributed by atoms with E-state index >= 15 is 0 Å². The Labute approximate surface area is 191 Å². The molecule has 2 atom stereocenters. The molecule has 0 saturated carbocycles. The van der Waals surface area contributed by atoms with E-state index in [0.717, 1.165) is 16.7 Å². The Morgan fingerprint density at radius 2 is 1.50 bits per heavy atom. The fourth-order valence-electron chi connectivity index (χ4n) is 4.94. The number of hydrogen-bond donors (Lipinski definition) is 1. The zero-order valence-corrected chi connectivity index (χ0v) is 18.0. The van der Waals surface area contributed by atoms with Crippen molar-refractivity contribution in [1.82, 2.24) is 4.90 Å². The van der Waals surface area contributed by atoms with Crippen LogP contribution >= 0.6 is 11.6 Å². The summed E-state index contributed by atoms with van der Waals surface area (Å²) in [5.41, 5.74) is 5.48. The molecule has 1 fully saturated rings. The smallest absolute Gasteiger partial charge is 0.409 e. The van der Waals surface area contributed by atoms with Crippen LogP contribution in [0.5, 0.6) is 0 Å². The lowest BCUT2D eigenvalue weighted by Crippen LogP contribution is -2.31. The van der Waals surface area contributed by atoms with Gasteiger partial charge in [-0.3, -0.25) is 4.79 Å². The van der Waals surface area contributed by atoms with Gasteiger partial charge in [-0.25, -0.2) is 4.79 Å². The second-order valence-corrected chi connectivity index (χ2v) is 8.75. The van der Waals surface area contributed by atoms with Crippen molar-refractivity contribution in [3.8, 4) is 11.1 Å². The van der Waals surface area contributed by atoms with Gasteiger partial charge < -0.3 is 14.7 Å². The lowest BCUT2D eigenvalue weighted by atomic mass is 9.89. The number of hydrogen-bond acceptors (Lipinski definition) is 3. The monoisotopic (exact) mass is 447 g/mol. The summed E-state index contributed by atoms with van der Waals surface area (Å²) in [6.45, 7) is 0.640. The minimum Gasteiger partial charge on any atom is -0.481 e. The lowest BCUT2D eigenvalue weighted by molar-refractivity contribution is -0.141. The molecule has 2 aliphatic rings. The van der Waals surface area contributed by atoms with Gasteiger partial charge in [0, 0.05) is 29.9 Å². The maximum absolute atomic E-state index is 12.9. The number of halogens is 1.